The fourth-order valence-electron chi connectivity index (χ4n) is 2.69. The van der Waals surface area contributed by atoms with Gasteiger partial charge in [-0.1, -0.05) is 6.07 Å². The van der Waals surface area contributed by atoms with Crippen LogP contribution >= 0.6 is 0 Å². The molecule has 2 aliphatic rings. The number of ether oxygens (including phenoxy) is 3. The first-order valence-electron chi connectivity index (χ1n) is 7.21. The SMILES string of the molecule is O=C1C[C@H](c2ccc(OC(F)F)c(O[C@@H]3CCOC3)c2)CN1. The molecule has 0 aromatic heterocycles. The van der Waals surface area contributed by atoms with Gasteiger partial charge in [-0.3, -0.25) is 4.79 Å². The summed E-state index contributed by atoms with van der Waals surface area (Å²) in [7, 11) is 0. The molecule has 7 heteroatoms. The molecular weight excluding hydrogens is 296 g/mol. The molecule has 1 N–H and O–H groups in total. The number of amides is 1. The molecule has 2 fully saturated rings. The largest absolute Gasteiger partial charge is 0.484 e. The number of nitrogens with one attached hydrogen (secondary N) is 1. The summed E-state index contributed by atoms with van der Waals surface area (Å²) in [4.78, 5) is 11.3. The second-order valence-corrected chi connectivity index (χ2v) is 5.39. The first-order chi connectivity index (χ1) is 10.6. The molecule has 0 unspecified atom stereocenters. The average Bonchev–Trinajstić information content (AvgIpc) is 3.12. The Morgan fingerprint density at radius 2 is 2.18 bits per heavy atom. The van der Waals surface area contributed by atoms with E-state index in [0.29, 0.717) is 32.6 Å². The lowest BCUT2D eigenvalue weighted by atomic mass is 9.98. The van der Waals surface area contributed by atoms with Gasteiger partial charge in [0, 0.05) is 25.3 Å². The summed E-state index contributed by atoms with van der Waals surface area (Å²) < 4.78 is 40.5. The van der Waals surface area contributed by atoms with Gasteiger partial charge in [-0.15, -0.1) is 0 Å². The van der Waals surface area contributed by atoms with Gasteiger partial charge < -0.3 is 19.5 Å². The molecule has 0 aliphatic carbocycles. The molecule has 22 heavy (non-hydrogen) atoms. The van der Waals surface area contributed by atoms with E-state index in [2.05, 4.69) is 10.1 Å². The summed E-state index contributed by atoms with van der Waals surface area (Å²) >= 11 is 0. The van der Waals surface area contributed by atoms with Crippen molar-refractivity contribution < 1.29 is 27.8 Å². The Labute approximate surface area is 126 Å². The van der Waals surface area contributed by atoms with E-state index >= 15 is 0 Å². The molecule has 1 aromatic rings. The standard InChI is InChI=1S/C15H17F2NO4/c16-15(17)22-12-2-1-9(10-6-14(19)18-7-10)5-13(12)21-11-3-4-20-8-11/h1-2,5,10-11,15H,3-4,6-8H2,(H,18,19)/t10-,11+/m0/s1. The zero-order chi connectivity index (χ0) is 15.5. The maximum Gasteiger partial charge on any atom is 0.387 e. The van der Waals surface area contributed by atoms with E-state index in [0.717, 1.165) is 5.56 Å². The van der Waals surface area contributed by atoms with Crippen LogP contribution in [0.2, 0.25) is 0 Å². The minimum Gasteiger partial charge on any atom is -0.484 e. The zero-order valence-corrected chi connectivity index (χ0v) is 11.9. The molecule has 0 bridgehead atoms. The van der Waals surface area contributed by atoms with Crippen LogP contribution < -0.4 is 14.8 Å². The first kappa shape index (κ1) is 15.0. The van der Waals surface area contributed by atoms with Gasteiger partial charge in [-0.2, -0.15) is 8.78 Å². The number of rotatable bonds is 5. The Balaban J connectivity index is 1.82. The van der Waals surface area contributed by atoms with E-state index < -0.39 is 6.61 Å². The van der Waals surface area contributed by atoms with Crippen LogP contribution in [0.3, 0.4) is 0 Å². The van der Waals surface area contributed by atoms with Crippen molar-refractivity contribution >= 4 is 5.91 Å². The van der Waals surface area contributed by atoms with Crippen LogP contribution in [-0.4, -0.2) is 38.4 Å². The third-order valence-corrected chi connectivity index (χ3v) is 3.81. The zero-order valence-electron chi connectivity index (χ0n) is 11.9. The first-order valence-corrected chi connectivity index (χ1v) is 7.21. The predicted molar refractivity (Wildman–Crippen MR) is 73.3 cm³/mol. The van der Waals surface area contributed by atoms with Crippen molar-refractivity contribution in [3.05, 3.63) is 23.8 Å². The monoisotopic (exact) mass is 313 g/mol. The number of hydrogen-bond acceptors (Lipinski definition) is 4. The normalized spacial score (nSPS) is 24.6. The summed E-state index contributed by atoms with van der Waals surface area (Å²) in [5, 5.41) is 2.76. The van der Waals surface area contributed by atoms with Crippen molar-refractivity contribution in [1.29, 1.82) is 0 Å². The third-order valence-electron chi connectivity index (χ3n) is 3.81. The number of benzene rings is 1. The van der Waals surface area contributed by atoms with Crippen LogP contribution in [0.4, 0.5) is 8.78 Å². The molecule has 3 rings (SSSR count). The Morgan fingerprint density at radius 3 is 2.82 bits per heavy atom. The number of alkyl halides is 2. The van der Waals surface area contributed by atoms with Crippen LogP contribution in [0.5, 0.6) is 11.5 Å². The summed E-state index contributed by atoms with van der Waals surface area (Å²) in [5.74, 6) is 0.287. The van der Waals surface area contributed by atoms with E-state index in [4.69, 9.17) is 9.47 Å². The van der Waals surface area contributed by atoms with Crippen molar-refractivity contribution in [2.45, 2.75) is 31.5 Å². The lowest BCUT2D eigenvalue weighted by molar-refractivity contribution is -0.119. The summed E-state index contributed by atoms with van der Waals surface area (Å²) in [6.07, 6.45) is 0.932. The van der Waals surface area contributed by atoms with Crippen molar-refractivity contribution in [3.63, 3.8) is 0 Å². The molecule has 120 valence electrons. The summed E-state index contributed by atoms with van der Waals surface area (Å²) in [6, 6.07) is 4.84. The molecule has 1 aromatic carbocycles. The highest BCUT2D eigenvalue weighted by Crippen LogP contribution is 2.35. The highest BCUT2D eigenvalue weighted by Gasteiger charge is 2.26. The van der Waals surface area contributed by atoms with Crippen molar-refractivity contribution in [2.24, 2.45) is 0 Å². The second-order valence-electron chi connectivity index (χ2n) is 5.39. The van der Waals surface area contributed by atoms with Gasteiger partial charge in [0.05, 0.1) is 13.2 Å². The van der Waals surface area contributed by atoms with E-state index in [1.165, 1.54) is 6.07 Å². The summed E-state index contributed by atoms with van der Waals surface area (Å²) in [6.45, 7) is -1.35. The maximum absolute atomic E-state index is 12.5. The Morgan fingerprint density at radius 1 is 1.32 bits per heavy atom. The topological polar surface area (TPSA) is 56.8 Å². The molecule has 1 amide bonds. The molecule has 5 nitrogen and oxygen atoms in total. The van der Waals surface area contributed by atoms with Gasteiger partial charge in [0.2, 0.25) is 5.91 Å². The molecule has 2 atom stereocenters. The van der Waals surface area contributed by atoms with Crippen molar-refractivity contribution in [2.75, 3.05) is 19.8 Å². The fourth-order valence-corrected chi connectivity index (χ4v) is 2.69. The van der Waals surface area contributed by atoms with Gasteiger partial charge in [-0.05, 0) is 17.7 Å². The number of hydrogen-bond donors (Lipinski definition) is 1. The minimum atomic E-state index is -2.91. The molecule has 2 saturated heterocycles. The predicted octanol–water partition coefficient (Wildman–Crippen LogP) is 2.06. The number of carbonyl (C=O) groups excluding carboxylic acids is 1. The van der Waals surface area contributed by atoms with Crippen LogP contribution in [0.1, 0.15) is 24.3 Å². The smallest absolute Gasteiger partial charge is 0.387 e. The minimum absolute atomic E-state index is 0.00272. The Kier molecular flexibility index (Phi) is 4.42. The highest BCUT2D eigenvalue weighted by molar-refractivity contribution is 5.79. The molecular formula is C15H17F2NO4. The van der Waals surface area contributed by atoms with Crippen LogP contribution in [0.15, 0.2) is 18.2 Å². The van der Waals surface area contributed by atoms with Crippen LogP contribution in [-0.2, 0) is 9.53 Å². The quantitative estimate of drug-likeness (QED) is 0.904. The maximum atomic E-state index is 12.5. The van der Waals surface area contributed by atoms with Crippen LogP contribution in [0.25, 0.3) is 0 Å². The Bertz CT molecular complexity index is 546. The van der Waals surface area contributed by atoms with E-state index in [9.17, 15) is 13.6 Å². The van der Waals surface area contributed by atoms with E-state index in [1.54, 1.807) is 12.1 Å². The van der Waals surface area contributed by atoms with Crippen molar-refractivity contribution in [3.8, 4) is 11.5 Å². The van der Waals surface area contributed by atoms with Crippen LogP contribution in [0, 0.1) is 0 Å². The third kappa shape index (κ3) is 3.47. The lowest BCUT2D eigenvalue weighted by Gasteiger charge is -2.18. The van der Waals surface area contributed by atoms with E-state index in [1.807, 2.05) is 0 Å². The van der Waals surface area contributed by atoms with E-state index in [-0.39, 0.29) is 29.4 Å². The molecule has 2 aliphatic heterocycles. The second kappa shape index (κ2) is 6.48. The molecule has 0 spiro atoms. The van der Waals surface area contributed by atoms with Gasteiger partial charge >= 0.3 is 6.61 Å². The number of halogens is 2. The Hall–Kier alpha value is -1.89. The van der Waals surface area contributed by atoms with Gasteiger partial charge in [0.15, 0.2) is 11.5 Å². The average molecular weight is 313 g/mol. The molecule has 0 radical (unpaired) electrons. The summed E-state index contributed by atoms with van der Waals surface area (Å²) in [5.41, 5.74) is 0.869. The number of carbonyl (C=O) groups is 1. The molecule has 0 saturated carbocycles. The van der Waals surface area contributed by atoms with Crippen molar-refractivity contribution in [1.82, 2.24) is 5.32 Å². The van der Waals surface area contributed by atoms with Gasteiger partial charge in [0.25, 0.3) is 0 Å². The fraction of sp³-hybridized carbons (Fsp3) is 0.533. The highest BCUT2D eigenvalue weighted by atomic mass is 19.3. The lowest BCUT2D eigenvalue weighted by Crippen LogP contribution is -2.17. The molecule has 2 heterocycles. The van der Waals surface area contributed by atoms with Gasteiger partial charge in [-0.25, -0.2) is 0 Å². The van der Waals surface area contributed by atoms with Gasteiger partial charge in [0.1, 0.15) is 6.10 Å².